The van der Waals surface area contributed by atoms with Gasteiger partial charge in [0.2, 0.25) is 0 Å². The van der Waals surface area contributed by atoms with Gasteiger partial charge in [-0.1, -0.05) is 26.0 Å². The maximum Gasteiger partial charge on any atom is 0.254 e. The van der Waals surface area contributed by atoms with E-state index in [4.69, 9.17) is 0 Å². The summed E-state index contributed by atoms with van der Waals surface area (Å²) in [5, 5.41) is 7.78. The fraction of sp³-hybridized carbons (Fsp3) is 0.353. The van der Waals surface area contributed by atoms with Crippen LogP contribution in [0, 0.1) is 0 Å². The number of hydrogen-bond donors (Lipinski definition) is 1. The summed E-state index contributed by atoms with van der Waals surface area (Å²) in [7, 11) is 0. The van der Waals surface area contributed by atoms with Crippen molar-refractivity contribution in [1.29, 1.82) is 0 Å². The van der Waals surface area contributed by atoms with Gasteiger partial charge in [-0.15, -0.1) is 11.8 Å². The highest BCUT2D eigenvalue weighted by molar-refractivity contribution is 7.99. The second-order valence-corrected chi connectivity index (χ2v) is 6.66. The molecule has 3 aromatic rings. The van der Waals surface area contributed by atoms with Crippen molar-refractivity contribution >= 4 is 23.4 Å². The number of fused-ring (bicyclic) bond motifs is 1. The lowest BCUT2D eigenvalue weighted by atomic mass is 10.1. The van der Waals surface area contributed by atoms with Gasteiger partial charge >= 0.3 is 0 Å². The number of aromatic nitrogens is 4. The summed E-state index contributed by atoms with van der Waals surface area (Å²) in [4.78, 5) is 9.98. The number of aryl methyl sites for hydroxylation is 1. The molecular formula is C17H21N5S. The zero-order valence-electron chi connectivity index (χ0n) is 13.7. The first-order valence-electron chi connectivity index (χ1n) is 7.90. The molecule has 0 fully saturated rings. The van der Waals surface area contributed by atoms with E-state index in [1.807, 2.05) is 17.8 Å². The van der Waals surface area contributed by atoms with Crippen molar-refractivity contribution in [1.82, 2.24) is 19.6 Å². The van der Waals surface area contributed by atoms with Gasteiger partial charge in [-0.2, -0.15) is 14.6 Å². The van der Waals surface area contributed by atoms with E-state index in [9.17, 15) is 0 Å². The van der Waals surface area contributed by atoms with Crippen molar-refractivity contribution in [3.8, 4) is 0 Å². The van der Waals surface area contributed by atoms with Crippen molar-refractivity contribution in [2.24, 2.45) is 0 Å². The Morgan fingerprint density at radius 3 is 2.70 bits per heavy atom. The van der Waals surface area contributed by atoms with Crippen molar-refractivity contribution in [2.45, 2.75) is 38.1 Å². The van der Waals surface area contributed by atoms with Crippen molar-refractivity contribution < 1.29 is 0 Å². The first-order chi connectivity index (χ1) is 11.2. The summed E-state index contributed by atoms with van der Waals surface area (Å²) in [5.41, 5.74) is 2.25. The van der Waals surface area contributed by atoms with Crippen LogP contribution in [0.3, 0.4) is 0 Å². The quantitative estimate of drug-likeness (QED) is 0.694. The molecule has 1 aromatic carbocycles. The van der Waals surface area contributed by atoms with E-state index < -0.39 is 0 Å². The van der Waals surface area contributed by atoms with Gasteiger partial charge in [0.05, 0.1) is 0 Å². The molecule has 0 spiro atoms. The Balaban J connectivity index is 1.84. The van der Waals surface area contributed by atoms with Crippen molar-refractivity contribution in [2.75, 3.05) is 11.1 Å². The van der Waals surface area contributed by atoms with Crippen LogP contribution in [0.5, 0.6) is 0 Å². The van der Waals surface area contributed by atoms with Gasteiger partial charge in [0.25, 0.3) is 5.78 Å². The Morgan fingerprint density at radius 2 is 2.00 bits per heavy atom. The minimum Gasteiger partial charge on any atom is -0.363 e. The van der Waals surface area contributed by atoms with E-state index in [0.29, 0.717) is 5.78 Å². The Labute approximate surface area is 140 Å². The van der Waals surface area contributed by atoms with Crippen LogP contribution < -0.4 is 5.32 Å². The highest BCUT2D eigenvalue weighted by atomic mass is 32.2. The van der Waals surface area contributed by atoms with Crippen LogP contribution in [-0.2, 0) is 6.42 Å². The van der Waals surface area contributed by atoms with Crippen molar-refractivity contribution in [3.05, 3.63) is 47.9 Å². The van der Waals surface area contributed by atoms with E-state index in [1.54, 1.807) is 4.52 Å². The molecule has 0 aliphatic heterocycles. The second kappa shape index (κ2) is 7.00. The van der Waals surface area contributed by atoms with Crippen LogP contribution in [0.2, 0.25) is 0 Å². The molecule has 1 N–H and O–H groups in total. The minimum absolute atomic E-state index is 0.176. The summed E-state index contributed by atoms with van der Waals surface area (Å²) >= 11 is 1.86. The zero-order chi connectivity index (χ0) is 16.2. The smallest absolute Gasteiger partial charge is 0.254 e. The predicted molar refractivity (Wildman–Crippen MR) is 95.0 cm³/mol. The van der Waals surface area contributed by atoms with Crippen LogP contribution >= 0.6 is 11.8 Å². The molecule has 0 aliphatic carbocycles. The molecule has 0 radical (unpaired) electrons. The van der Waals surface area contributed by atoms with Gasteiger partial charge in [-0.3, -0.25) is 0 Å². The molecule has 1 unspecified atom stereocenters. The number of anilines is 1. The fourth-order valence-electron chi connectivity index (χ4n) is 2.47. The van der Waals surface area contributed by atoms with E-state index in [-0.39, 0.29) is 6.04 Å². The minimum atomic E-state index is 0.176. The molecule has 0 saturated heterocycles. The highest BCUT2D eigenvalue weighted by Crippen LogP contribution is 2.23. The van der Waals surface area contributed by atoms with Crippen molar-refractivity contribution in [3.63, 3.8) is 0 Å². The third-order valence-electron chi connectivity index (χ3n) is 3.72. The highest BCUT2D eigenvalue weighted by Gasteiger charge is 2.11. The molecule has 0 saturated carbocycles. The van der Waals surface area contributed by atoms with Gasteiger partial charge in [0, 0.05) is 22.7 Å². The number of rotatable bonds is 6. The Hall–Kier alpha value is -2.08. The lowest BCUT2D eigenvalue weighted by Gasteiger charge is -2.17. The van der Waals surface area contributed by atoms with Gasteiger partial charge in [0.1, 0.15) is 12.1 Å². The summed E-state index contributed by atoms with van der Waals surface area (Å²) in [6, 6.07) is 10.9. The molecule has 2 aromatic heterocycles. The molecule has 0 bridgehead atoms. The topological polar surface area (TPSA) is 55.1 Å². The molecule has 0 amide bonds. The van der Waals surface area contributed by atoms with Crippen LogP contribution in [0.25, 0.3) is 5.78 Å². The van der Waals surface area contributed by atoms with Crippen LogP contribution in [0.4, 0.5) is 5.82 Å². The summed E-state index contributed by atoms with van der Waals surface area (Å²) in [6.07, 6.45) is 2.41. The Kier molecular flexibility index (Phi) is 4.81. The van der Waals surface area contributed by atoms with Gasteiger partial charge in [-0.25, -0.2) is 4.98 Å². The molecule has 23 heavy (non-hydrogen) atoms. The van der Waals surface area contributed by atoms with Gasteiger partial charge in [-0.05, 0) is 36.8 Å². The number of hydrogen-bond acceptors (Lipinski definition) is 5. The van der Waals surface area contributed by atoms with E-state index in [0.717, 1.165) is 23.7 Å². The van der Waals surface area contributed by atoms with Crippen LogP contribution in [0.1, 0.15) is 38.1 Å². The maximum absolute atomic E-state index is 4.47. The average molecular weight is 327 g/mol. The molecule has 5 nitrogen and oxygen atoms in total. The number of nitrogens with zero attached hydrogens (tertiary/aromatic N) is 4. The van der Waals surface area contributed by atoms with Crippen LogP contribution in [0.15, 0.2) is 41.6 Å². The summed E-state index contributed by atoms with van der Waals surface area (Å²) in [5.74, 6) is 2.64. The number of thioether (sulfide) groups is 1. The Morgan fingerprint density at radius 1 is 1.22 bits per heavy atom. The maximum atomic E-state index is 4.47. The second-order valence-electron chi connectivity index (χ2n) is 5.33. The molecule has 2 heterocycles. The third-order valence-corrected chi connectivity index (χ3v) is 4.62. The first-order valence-corrected chi connectivity index (χ1v) is 8.88. The van der Waals surface area contributed by atoms with E-state index in [1.165, 1.54) is 16.8 Å². The van der Waals surface area contributed by atoms with Gasteiger partial charge < -0.3 is 5.32 Å². The van der Waals surface area contributed by atoms with E-state index in [2.05, 4.69) is 65.4 Å². The molecule has 1 atom stereocenters. The zero-order valence-corrected chi connectivity index (χ0v) is 14.5. The summed E-state index contributed by atoms with van der Waals surface area (Å²) in [6.45, 7) is 6.41. The fourth-order valence-corrected chi connectivity index (χ4v) is 3.13. The number of benzene rings is 1. The monoisotopic (exact) mass is 327 g/mol. The number of nitrogens with one attached hydrogen (secondary N) is 1. The lowest BCUT2D eigenvalue weighted by molar-refractivity contribution is 0.832. The molecule has 120 valence electrons. The SMILES string of the molecule is CCSc1ccc(C(C)Nc2cc(CC)nc3ncnn23)cc1. The third kappa shape index (κ3) is 3.47. The van der Waals surface area contributed by atoms with Gasteiger partial charge in [0.15, 0.2) is 0 Å². The lowest BCUT2D eigenvalue weighted by Crippen LogP contribution is -2.11. The van der Waals surface area contributed by atoms with E-state index >= 15 is 0 Å². The Bertz CT molecular complexity index is 781. The first kappa shape index (κ1) is 15.8. The molecule has 0 aliphatic rings. The normalized spacial score (nSPS) is 12.5. The van der Waals surface area contributed by atoms with Crippen LogP contribution in [-0.4, -0.2) is 25.3 Å². The average Bonchev–Trinajstić information content (AvgIpc) is 3.04. The predicted octanol–water partition coefficient (Wildman–Crippen LogP) is 3.97. The standard InChI is InChI=1S/C17H21N5S/c1-4-14-10-16(22-17(21-14)18-11-19-22)20-12(3)13-6-8-15(9-7-13)23-5-2/h6-12,20H,4-5H2,1-3H3. The molecule has 3 rings (SSSR count). The summed E-state index contributed by atoms with van der Waals surface area (Å²) < 4.78 is 1.75. The molecular weight excluding hydrogens is 306 g/mol. The molecule has 6 heteroatoms. The largest absolute Gasteiger partial charge is 0.363 e.